The number of ether oxygens (including phenoxy) is 1. The summed E-state index contributed by atoms with van der Waals surface area (Å²) in [4.78, 5) is 15.7. The highest BCUT2D eigenvalue weighted by Gasteiger charge is 2.11. The van der Waals surface area contributed by atoms with Crippen molar-refractivity contribution < 1.29 is 13.2 Å². The summed E-state index contributed by atoms with van der Waals surface area (Å²) in [5, 5.41) is 8.08. The van der Waals surface area contributed by atoms with Crippen LogP contribution < -0.4 is 15.0 Å². The molecule has 0 amide bonds. The second-order valence-corrected chi connectivity index (χ2v) is 7.39. The summed E-state index contributed by atoms with van der Waals surface area (Å²) in [6.07, 6.45) is 2.80. The van der Waals surface area contributed by atoms with Crippen LogP contribution in [-0.4, -0.2) is 51.9 Å². The molecule has 0 spiro atoms. The van der Waals surface area contributed by atoms with Gasteiger partial charge in [0.2, 0.25) is 10.0 Å². The van der Waals surface area contributed by atoms with E-state index in [9.17, 15) is 13.2 Å². The lowest BCUT2D eigenvalue weighted by atomic mass is 10.3. The van der Waals surface area contributed by atoms with Gasteiger partial charge in [-0.1, -0.05) is 18.2 Å². The topological polar surface area (TPSA) is 121 Å². The van der Waals surface area contributed by atoms with E-state index in [2.05, 4.69) is 19.9 Å². The monoisotopic (exact) mass is 390 g/mol. The Morgan fingerprint density at radius 3 is 2.67 bits per heavy atom. The van der Waals surface area contributed by atoms with Gasteiger partial charge in [-0.05, 0) is 18.2 Å². The standard InChI is InChI=1S/C16H18N6O4S/c23-16-7-6-15(22-13-17-12-18-22)20-21(16)9-8-19-27(24,25)11-10-26-14-4-2-1-3-5-14/h1-7,12-13,19H,8-11H2. The van der Waals surface area contributed by atoms with Gasteiger partial charge in [-0.2, -0.15) is 5.10 Å². The Balaban J connectivity index is 1.51. The number of benzene rings is 1. The number of sulfonamides is 1. The highest BCUT2D eigenvalue weighted by Crippen LogP contribution is 2.07. The molecule has 11 heteroatoms. The van der Waals surface area contributed by atoms with E-state index in [1.165, 1.54) is 34.2 Å². The molecule has 0 fully saturated rings. The van der Waals surface area contributed by atoms with Crippen molar-refractivity contribution in [3.8, 4) is 11.6 Å². The van der Waals surface area contributed by atoms with Gasteiger partial charge in [0.1, 0.15) is 25.0 Å². The van der Waals surface area contributed by atoms with E-state index in [0.29, 0.717) is 11.6 Å². The van der Waals surface area contributed by atoms with Crippen molar-refractivity contribution in [2.75, 3.05) is 18.9 Å². The van der Waals surface area contributed by atoms with Crippen LogP contribution in [0, 0.1) is 0 Å². The van der Waals surface area contributed by atoms with E-state index in [4.69, 9.17) is 4.74 Å². The Bertz CT molecular complexity index is 1020. The van der Waals surface area contributed by atoms with Gasteiger partial charge in [0.25, 0.3) is 5.56 Å². The average Bonchev–Trinajstić information content (AvgIpc) is 3.19. The predicted molar refractivity (Wildman–Crippen MR) is 97.1 cm³/mol. The number of nitrogens with one attached hydrogen (secondary N) is 1. The molecule has 0 atom stereocenters. The molecule has 0 aliphatic rings. The van der Waals surface area contributed by atoms with Crippen LogP contribution in [0.4, 0.5) is 0 Å². The second kappa shape index (κ2) is 8.56. The highest BCUT2D eigenvalue weighted by molar-refractivity contribution is 7.89. The minimum atomic E-state index is -3.53. The van der Waals surface area contributed by atoms with Crippen molar-refractivity contribution in [1.82, 2.24) is 29.3 Å². The zero-order valence-corrected chi connectivity index (χ0v) is 15.1. The van der Waals surface area contributed by atoms with Crippen LogP contribution in [0.2, 0.25) is 0 Å². The maximum Gasteiger partial charge on any atom is 0.266 e. The van der Waals surface area contributed by atoms with Crippen LogP contribution in [0.5, 0.6) is 5.75 Å². The molecular weight excluding hydrogens is 372 g/mol. The van der Waals surface area contributed by atoms with Gasteiger partial charge in [0.05, 0.1) is 12.3 Å². The van der Waals surface area contributed by atoms with Gasteiger partial charge < -0.3 is 4.74 Å². The lowest BCUT2D eigenvalue weighted by Crippen LogP contribution is -2.34. The SMILES string of the molecule is O=c1ccc(-n2cncn2)nn1CCNS(=O)(=O)CCOc1ccccc1. The minimum Gasteiger partial charge on any atom is -0.492 e. The Hall–Kier alpha value is -3.05. The third-order valence-corrected chi connectivity index (χ3v) is 4.86. The molecule has 10 nitrogen and oxygen atoms in total. The molecule has 0 bridgehead atoms. The van der Waals surface area contributed by atoms with Crippen LogP contribution in [-0.2, 0) is 16.6 Å². The van der Waals surface area contributed by atoms with E-state index >= 15 is 0 Å². The lowest BCUT2D eigenvalue weighted by molar-refractivity contribution is 0.340. The number of rotatable bonds is 9. The third kappa shape index (κ3) is 5.46. The number of hydrogen-bond donors (Lipinski definition) is 1. The zero-order valence-electron chi connectivity index (χ0n) is 14.3. The molecule has 0 unspecified atom stereocenters. The zero-order chi connectivity index (χ0) is 19.1. The van der Waals surface area contributed by atoms with Gasteiger partial charge in [-0.15, -0.1) is 5.10 Å². The Morgan fingerprint density at radius 1 is 1.11 bits per heavy atom. The first-order chi connectivity index (χ1) is 13.0. The van der Waals surface area contributed by atoms with Crippen LogP contribution in [0.15, 0.2) is 59.9 Å². The number of nitrogens with zero attached hydrogens (tertiary/aromatic N) is 5. The van der Waals surface area contributed by atoms with Gasteiger partial charge >= 0.3 is 0 Å². The fraction of sp³-hybridized carbons (Fsp3) is 0.250. The predicted octanol–water partition coefficient (Wildman–Crippen LogP) is -0.178. The molecule has 0 saturated heterocycles. The summed E-state index contributed by atoms with van der Waals surface area (Å²) in [5.74, 6) is 0.822. The fourth-order valence-corrected chi connectivity index (χ4v) is 3.06. The summed E-state index contributed by atoms with van der Waals surface area (Å²) < 4.78 is 34.4. The second-order valence-electron chi connectivity index (χ2n) is 5.47. The van der Waals surface area contributed by atoms with Crippen molar-refractivity contribution in [2.24, 2.45) is 0 Å². The first-order valence-corrected chi connectivity index (χ1v) is 9.77. The Labute approximate surface area is 155 Å². The number of hydrogen-bond acceptors (Lipinski definition) is 7. The molecule has 1 aromatic carbocycles. The maximum absolute atomic E-state index is 12.0. The van der Waals surface area contributed by atoms with E-state index < -0.39 is 10.0 Å². The molecule has 1 N–H and O–H groups in total. The quantitative estimate of drug-likeness (QED) is 0.538. The van der Waals surface area contributed by atoms with Crippen molar-refractivity contribution in [1.29, 1.82) is 0 Å². The Morgan fingerprint density at radius 2 is 1.93 bits per heavy atom. The smallest absolute Gasteiger partial charge is 0.266 e. The van der Waals surface area contributed by atoms with Gasteiger partial charge in [0.15, 0.2) is 5.82 Å². The van der Waals surface area contributed by atoms with E-state index in [1.807, 2.05) is 6.07 Å². The van der Waals surface area contributed by atoms with Crippen molar-refractivity contribution in [3.63, 3.8) is 0 Å². The molecule has 142 valence electrons. The normalized spacial score (nSPS) is 11.4. The van der Waals surface area contributed by atoms with Gasteiger partial charge in [-0.3, -0.25) is 4.79 Å². The summed E-state index contributed by atoms with van der Waals surface area (Å²) >= 11 is 0. The summed E-state index contributed by atoms with van der Waals surface area (Å²) in [6.45, 7) is 0.140. The van der Waals surface area contributed by atoms with E-state index in [-0.39, 0.29) is 31.0 Å². The van der Waals surface area contributed by atoms with Crippen molar-refractivity contribution >= 4 is 10.0 Å². The molecule has 0 aliphatic carbocycles. The van der Waals surface area contributed by atoms with Crippen LogP contribution in [0.1, 0.15) is 0 Å². The number of aromatic nitrogens is 5. The van der Waals surface area contributed by atoms with Gasteiger partial charge in [0, 0.05) is 12.6 Å². The highest BCUT2D eigenvalue weighted by atomic mass is 32.2. The lowest BCUT2D eigenvalue weighted by Gasteiger charge is -2.09. The molecule has 2 heterocycles. The van der Waals surface area contributed by atoms with Crippen molar-refractivity contribution in [3.05, 3.63) is 65.5 Å². The Kier molecular flexibility index (Phi) is 5.94. The van der Waals surface area contributed by atoms with E-state index in [1.54, 1.807) is 24.3 Å². The summed E-state index contributed by atoms with van der Waals surface area (Å²) in [5.41, 5.74) is -0.342. The van der Waals surface area contributed by atoms with Crippen molar-refractivity contribution in [2.45, 2.75) is 6.54 Å². The van der Waals surface area contributed by atoms with E-state index in [0.717, 1.165) is 0 Å². The molecule has 27 heavy (non-hydrogen) atoms. The molecule has 3 rings (SSSR count). The van der Waals surface area contributed by atoms with Gasteiger partial charge in [-0.25, -0.2) is 27.5 Å². The maximum atomic E-state index is 12.0. The summed E-state index contributed by atoms with van der Waals surface area (Å²) in [6, 6.07) is 11.8. The first-order valence-electron chi connectivity index (χ1n) is 8.12. The largest absolute Gasteiger partial charge is 0.492 e. The molecule has 0 radical (unpaired) electrons. The summed E-state index contributed by atoms with van der Waals surface area (Å²) in [7, 11) is -3.53. The van der Waals surface area contributed by atoms with Crippen LogP contribution in [0.25, 0.3) is 5.82 Å². The molecule has 2 aromatic heterocycles. The first kappa shape index (κ1) is 18.7. The molecule has 0 saturated carbocycles. The fourth-order valence-electron chi connectivity index (χ4n) is 2.21. The van der Waals surface area contributed by atoms with Crippen LogP contribution in [0.3, 0.4) is 0 Å². The minimum absolute atomic E-state index is 0.0271. The molecular formula is C16H18N6O4S. The number of para-hydroxylation sites is 1. The van der Waals surface area contributed by atoms with Crippen LogP contribution >= 0.6 is 0 Å². The third-order valence-electron chi connectivity index (χ3n) is 3.52. The molecule has 0 aliphatic heterocycles. The average molecular weight is 390 g/mol. The molecule has 3 aromatic rings.